The molecule has 0 aromatic heterocycles. The lowest BCUT2D eigenvalue weighted by Crippen LogP contribution is -2.42. The number of hydrogen-bond donors (Lipinski definition) is 3. The molecule has 4 N–H and O–H groups in total. The Labute approximate surface area is 107 Å². The zero-order valence-corrected chi connectivity index (χ0v) is 10.7. The highest BCUT2D eigenvalue weighted by atomic mass is 16.2. The largest absolute Gasteiger partial charge is 0.347 e. The molecule has 0 aliphatic rings. The first-order chi connectivity index (χ1) is 8.56. The van der Waals surface area contributed by atoms with E-state index in [-0.39, 0.29) is 6.04 Å². The van der Waals surface area contributed by atoms with E-state index in [4.69, 9.17) is 5.73 Å². The predicted molar refractivity (Wildman–Crippen MR) is 69.8 cm³/mol. The third kappa shape index (κ3) is 3.85. The zero-order chi connectivity index (χ0) is 13.5. The highest BCUT2D eigenvalue weighted by molar-refractivity contribution is 6.35. The average molecular weight is 249 g/mol. The van der Waals surface area contributed by atoms with Crippen molar-refractivity contribution in [3.63, 3.8) is 0 Å². The molecule has 0 fully saturated rings. The molecule has 5 nitrogen and oxygen atoms in total. The van der Waals surface area contributed by atoms with Gasteiger partial charge in [-0.25, -0.2) is 0 Å². The fraction of sp³-hybridized carbons (Fsp3) is 0.385. The van der Waals surface area contributed by atoms with Crippen molar-refractivity contribution in [3.05, 3.63) is 35.4 Å². The fourth-order valence-corrected chi connectivity index (χ4v) is 1.68. The number of nitrogens with one attached hydrogen (secondary N) is 2. The Morgan fingerprint density at radius 1 is 1.28 bits per heavy atom. The van der Waals surface area contributed by atoms with Gasteiger partial charge in [-0.05, 0) is 25.0 Å². The van der Waals surface area contributed by atoms with Crippen LogP contribution in [0, 0.1) is 6.92 Å². The van der Waals surface area contributed by atoms with E-state index in [1.54, 1.807) is 0 Å². The van der Waals surface area contributed by atoms with Gasteiger partial charge in [0.05, 0.1) is 6.04 Å². The Hall–Kier alpha value is -1.88. The van der Waals surface area contributed by atoms with Crippen molar-refractivity contribution in [2.75, 3.05) is 13.1 Å². The van der Waals surface area contributed by atoms with Crippen LogP contribution < -0.4 is 16.4 Å². The lowest BCUT2D eigenvalue weighted by atomic mass is 10.0. The Bertz CT molecular complexity index is 432. The van der Waals surface area contributed by atoms with Crippen molar-refractivity contribution in [2.45, 2.75) is 19.9 Å². The van der Waals surface area contributed by atoms with Gasteiger partial charge in [0, 0.05) is 13.1 Å². The molecule has 18 heavy (non-hydrogen) atoms. The molecule has 0 radical (unpaired) electrons. The summed E-state index contributed by atoms with van der Waals surface area (Å²) in [6.45, 7) is 4.42. The van der Waals surface area contributed by atoms with E-state index in [1.165, 1.54) is 0 Å². The number of carbonyl (C=O) groups is 2. The van der Waals surface area contributed by atoms with E-state index in [2.05, 4.69) is 10.6 Å². The Morgan fingerprint density at radius 3 is 2.56 bits per heavy atom. The molecule has 5 heteroatoms. The Kier molecular flexibility index (Phi) is 5.32. The van der Waals surface area contributed by atoms with Crippen LogP contribution >= 0.6 is 0 Å². The van der Waals surface area contributed by atoms with Gasteiger partial charge in [-0.1, -0.05) is 24.3 Å². The summed E-state index contributed by atoms with van der Waals surface area (Å²) in [4.78, 5) is 23.0. The van der Waals surface area contributed by atoms with Crippen LogP contribution in [0.4, 0.5) is 0 Å². The number of rotatable bonds is 4. The minimum atomic E-state index is -0.652. The normalized spacial score (nSPS) is 11.7. The summed E-state index contributed by atoms with van der Waals surface area (Å²) < 4.78 is 0. The molecule has 0 aliphatic carbocycles. The van der Waals surface area contributed by atoms with Gasteiger partial charge in [0.1, 0.15) is 0 Å². The number of amides is 2. The molecular formula is C13H19N3O2. The smallest absolute Gasteiger partial charge is 0.309 e. The van der Waals surface area contributed by atoms with E-state index in [9.17, 15) is 9.59 Å². The maximum absolute atomic E-state index is 11.6. The molecule has 1 aromatic carbocycles. The molecule has 98 valence electrons. The van der Waals surface area contributed by atoms with Gasteiger partial charge in [0.15, 0.2) is 0 Å². The maximum Gasteiger partial charge on any atom is 0.309 e. The Balaban J connectivity index is 2.60. The number of nitrogens with two attached hydrogens (primary N) is 1. The summed E-state index contributed by atoms with van der Waals surface area (Å²) in [6.07, 6.45) is 0. The van der Waals surface area contributed by atoms with E-state index in [0.717, 1.165) is 11.1 Å². The predicted octanol–water partition coefficient (Wildman–Crippen LogP) is 0.247. The van der Waals surface area contributed by atoms with Crippen LogP contribution in [0.2, 0.25) is 0 Å². The highest BCUT2D eigenvalue weighted by Gasteiger charge is 2.16. The standard InChI is InChI=1S/C13H19N3O2/c1-9-5-3-4-6-11(9)10(2)16-13(18)12(17)15-8-7-14/h3-6,10H,7-8,14H2,1-2H3,(H,15,17)(H,16,18). The molecule has 2 amide bonds. The van der Waals surface area contributed by atoms with Crippen LogP contribution in [0.3, 0.4) is 0 Å². The van der Waals surface area contributed by atoms with E-state index < -0.39 is 11.8 Å². The van der Waals surface area contributed by atoms with Crippen LogP contribution in [0.1, 0.15) is 24.1 Å². The highest BCUT2D eigenvalue weighted by Crippen LogP contribution is 2.16. The molecule has 1 atom stereocenters. The molecule has 1 rings (SSSR count). The van der Waals surface area contributed by atoms with Crippen molar-refractivity contribution >= 4 is 11.8 Å². The van der Waals surface area contributed by atoms with Gasteiger partial charge >= 0.3 is 11.8 Å². The second-order valence-electron chi connectivity index (χ2n) is 4.10. The van der Waals surface area contributed by atoms with Crippen molar-refractivity contribution in [3.8, 4) is 0 Å². The van der Waals surface area contributed by atoms with Gasteiger partial charge in [-0.3, -0.25) is 9.59 Å². The minimum absolute atomic E-state index is 0.206. The van der Waals surface area contributed by atoms with Gasteiger partial charge in [0.25, 0.3) is 0 Å². The minimum Gasteiger partial charge on any atom is -0.347 e. The average Bonchev–Trinajstić information content (AvgIpc) is 2.36. The van der Waals surface area contributed by atoms with Crippen LogP contribution in [0.25, 0.3) is 0 Å². The van der Waals surface area contributed by atoms with Crippen molar-refractivity contribution < 1.29 is 9.59 Å². The molecule has 0 aliphatic heterocycles. The first kappa shape index (κ1) is 14.2. The van der Waals surface area contributed by atoms with E-state index in [1.807, 2.05) is 38.1 Å². The Morgan fingerprint density at radius 2 is 1.94 bits per heavy atom. The summed E-state index contributed by atoms with van der Waals surface area (Å²) in [5.74, 6) is -1.29. The first-order valence-electron chi connectivity index (χ1n) is 5.90. The van der Waals surface area contributed by atoms with Gasteiger partial charge < -0.3 is 16.4 Å². The second kappa shape index (κ2) is 6.76. The molecule has 0 bridgehead atoms. The summed E-state index contributed by atoms with van der Waals surface area (Å²) in [7, 11) is 0. The molecule has 0 saturated carbocycles. The lowest BCUT2D eigenvalue weighted by Gasteiger charge is -2.16. The first-order valence-corrected chi connectivity index (χ1v) is 5.90. The summed E-state index contributed by atoms with van der Waals surface area (Å²) >= 11 is 0. The van der Waals surface area contributed by atoms with Crippen LogP contribution in [0.15, 0.2) is 24.3 Å². The van der Waals surface area contributed by atoms with Crippen molar-refractivity contribution in [1.29, 1.82) is 0 Å². The molecule has 0 spiro atoms. The third-order valence-corrected chi connectivity index (χ3v) is 2.64. The number of benzene rings is 1. The SMILES string of the molecule is Cc1ccccc1C(C)NC(=O)C(=O)NCCN. The van der Waals surface area contributed by atoms with Crippen LogP contribution in [-0.4, -0.2) is 24.9 Å². The molecule has 0 heterocycles. The molecule has 1 unspecified atom stereocenters. The number of hydrogen-bond acceptors (Lipinski definition) is 3. The van der Waals surface area contributed by atoms with E-state index in [0.29, 0.717) is 13.1 Å². The molecular weight excluding hydrogens is 230 g/mol. The molecule has 0 saturated heterocycles. The van der Waals surface area contributed by atoms with Gasteiger partial charge in [-0.2, -0.15) is 0 Å². The molecule has 1 aromatic rings. The monoisotopic (exact) mass is 249 g/mol. The maximum atomic E-state index is 11.6. The summed E-state index contributed by atoms with van der Waals surface area (Å²) in [6, 6.07) is 7.52. The van der Waals surface area contributed by atoms with Crippen molar-refractivity contribution in [1.82, 2.24) is 10.6 Å². The van der Waals surface area contributed by atoms with E-state index >= 15 is 0 Å². The number of carbonyl (C=O) groups excluding carboxylic acids is 2. The van der Waals surface area contributed by atoms with Crippen molar-refractivity contribution in [2.24, 2.45) is 5.73 Å². The van der Waals surface area contributed by atoms with Crippen LogP contribution in [-0.2, 0) is 9.59 Å². The fourth-order valence-electron chi connectivity index (χ4n) is 1.68. The van der Waals surface area contributed by atoms with Crippen LogP contribution in [0.5, 0.6) is 0 Å². The van der Waals surface area contributed by atoms with Gasteiger partial charge in [-0.15, -0.1) is 0 Å². The summed E-state index contributed by atoms with van der Waals surface area (Å²) in [5.41, 5.74) is 7.32. The third-order valence-electron chi connectivity index (χ3n) is 2.64. The summed E-state index contributed by atoms with van der Waals surface area (Å²) in [5, 5.41) is 5.08. The lowest BCUT2D eigenvalue weighted by molar-refractivity contribution is -0.139. The quantitative estimate of drug-likeness (QED) is 0.669. The topological polar surface area (TPSA) is 84.2 Å². The number of aryl methyl sites for hydroxylation is 1. The second-order valence-corrected chi connectivity index (χ2v) is 4.10. The zero-order valence-electron chi connectivity index (χ0n) is 10.7. The van der Waals surface area contributed by atoms with Gasteiger partial charge in [0.2, 0.25) is 0 Å².